The summed E-state index contributed by atoms with van der Waals surface area (Å²) in [6, 6.07) is 4.15. The number of fused-ring (bicyclic) bond motifs is 1. The molecular formula is C9H6BrIOS. The number of benzene rings is 1. The number of aliphatic hydroxyl groups excluding tert-OH is 1. The van der Waals surface area contributed by atoms with E-state index >= 15 is 0 Å². The first kappa shape index (κ1) is 9.89. The first-order chi connectivity index (χ1) is 6.22. The van der Waals surface area contributed by atoms with Gasteiger partial charge in [-0.05, 0) is 45.7 Å². The summed E-state index contributed by atoms with van der Waals surface area (Å²) >= 11 is 7.42. The quantitative estimate of drug-likeness (QED) is 0.760. The minimum atomic E-state index is 0.123. The third-order valence-electron chi connectivity index (χ3n) is 1.84. The van der Waals surface area contributed by atoms with E-state index in [2.05, 4.69) is 50.7 Å². The van der Waals surface area contributed by atoms with Crippen molar-refractivity contribution in [3.05, 3.63) is 31.1 Å². The summed E-state index contributed by atoms with van der Waals surface area (Å²) in [6.45, 7) is 0.123. The largest absolute Gasteiger partial charge is 0.392 e. The van der Waals surface area contributed by atoms with E-state index in [1.165, 1.54) is 13.7 Å². The highest BCUT2D eigenvalue weighted by Crippen LogP contribution is 2.32. The van der Waals surface area contributed by atoms with Crippen LogP contribution in [0.15, 0.2) is 22.0 Å². The van der Waals surface area contributed by atoms with Gasteiger partial charge in [-0.2, -0.15) is 0 Å². The van der Waals surface area contributed by atoms with E-state index in [1.807, 2.05) is 5.38 Å². The fourth-order valence-electron chi connectivity index (χ4n) is 1.26. The number of thiophene rings is 1. The van der Waals surface area contributed by atoms with Gasteiger partial charge in [-0.1, -0.05) is 15.9 Å². The molecule has 1 aromatic heterocycles. The van der Waals surface area contributed by atoms with Crippen molar-refractivity contribution in [3.63, 3.8) is 0 Å². The molecular weight excluding hydrogens is 363 g/mol. The van der Waals surface area contributed by atoms with Crippen molar-refractivity contribution in [3.8, 4) is 0 Å². The van der Waals surface area contributed by atoms with E-state index < -0.39 is 0 Å². The maximum absolute atomic E-state index is 9.11. The smallest absolute Gasteiger partial charge is 0.0696 e. The molecule has 0 atom stereocenters. The van der Waals surface area contributed by atoms with Crippen LogP contribution in [0.4, 0.5) is 0 Å². The fourth-order valence-corrected chi connectivity index (χ4v) is 4.47. The summed E-state index contributed by atoms with van der Waals surface area (Å²) in [7, 11) is 0. The lowest BCUT2D eigenvalue weighted by Crippen LogP contribution is -1.82. The van der Waals surface area contributed by atoms with Crippen molar-refractivity contribution < 1.29 is 5.11 Å². The summed E-state index contributed by atoms with van der Waals surface area (Å²) in [5.41, 5.74) is 1.02. The lowest BCUT2D eigenvalue weighted by Gasteiger charge is -1.98. The van der Waals surface area contributed by atoms with Crippen LogP contribution in [0.1, 0.15) is 5.56 Å². The Kier molecular flexibility index (Phi) is 2.92. The van der Waals surface area contributed by atoms with Crippen LogP contribution in [0, 0.1) is 3.57 Å². The monoisotopic (exact) mass is 368 g/mol. The van der Waals surface area contributed by atoms with E-state index in [-0.39, 0.29) is 6.61 Å². The third-order valence-corrected chi connectivity index (χ3v) is 4.13. The number of aliphatic hydroxyl groups is 1. The summed E-state index contributed by atoms with van der Waals surface area (Å²) in [5.74, 6) is 0. The molecule has 68 valence electrons. The highest BCUT2D eigenvalue weighted by Gasteiger charge is 2.07. The lowest BCUT2D eigenvalue weighted by molar-refractivity contribution is 0.284. The van der Waals surface area contributed by atoms with Gasteiger partial charge in [0, 0.05) is 18.1 Å². The molecule has 0 bridgehead atoms. The topological polar surface area (TPSA) is 20.2 Å². The molecule has 13 heavy (non-hydrogen) atoms. The van der Waals surface area contributed by atoms with Gasteiger partial charge in [-0.25, -0.2) is 0 Å². The SMILES string of the molecule is OCc1csc2cc(Br)cc(I)c12. The summed E-state index contributed by atoms with van der Waals surface area (Å²) in [4.78, 5) is 0. The van der Waals surface area contributed by atoms with Gasteiger partial charge < -0.3 is 5.11 Å². The molecule has 1 nitrogen and oxygen atoms in total. The van der Waals surface area contributed by atoms with Crippen LogP contribution in [0.3, 0.4) is 0 Å². The highest BCUT2D eigenvalue weighted by atomic mass is 127. The number of halogens is 2. The van der Waals surface area contributed by atoms with Gasteiger partial charge >= 0.3 is 0 Å². The van der Waals surface area contributed by atoms with E-state index in [9.17, 15) is 0 Å². The number of hydrogen-bond acceptors (Lipinski definition) is 2. The minimum absolute atomic E-state index is 0.123. The number of rotatable bonds is 1. The molecule has 0 aliphatic rings. The van der Waals surface area contributed by atoms with Crippen LogP contribution in [0.5, 0.6) is 0 Å². The minimum Gasteiger partial charge on any atom is -0.392 e. The van der Waals surface area contributed by atoms with Crippen molar-refractivity contribution >= 4 is 59.9 Å². The van der Waals surface area contributed by atoms with Crippen molar-refractivity contribution in [1.82, 2.24) is 0 Å². The second-order valence-corrected chi connectivity index (χ2v) is 5.67. The van der Waals surface area contributed by atoms with E-state index in [0.29, 0.717) is 0 Å². The van der Waals surface area contributed by atoms with Gasteiger partial charge in [0.05, 0.1) is 6.61 Å². The summed E-state index contributed by atoms with van der Waals surface area (Å²) in [6.07, 6.45) is 0. The molecule has 0 spiro atoms. The van der Waals surface area contributed by atoms with Crippen LogP contribution < -0.4 is 0 Å². The molecule has 0 unspecified atom stereocenters. The zero-order chi connectivity index (χ0) is 9.42. The zero-order valence-electron chi connectivity index (χ0n) is 6.55. The van der Waals surface area contributed by atoms with E-state index in [0.717, 1.165) is 10.0 Å². The van der Waals surface area contributed by atoms with Crippen LogP contribution in [-0.2, 0) is 6.61 Å². The molecule has 1 heterocycles. The molecule has 0 aliphatic heterocycles. The first-order valence-corrected chi connectivity index (χ1v) is 6.43. The zero-order valence-corrected chi connectivity index (χ0v) is 11.1. The average Bonchev–Trinajstić information content (AvgIpc) is 2.47. The Morgan fingerprint density at radius 3 is 2.92 bits per heavy atom. The predicted octanol–water partition coefficient (Wildman–Crippen LogP) is 3.76. The summed E-state index contributed by atoms with van der Waals surface area (Å²) < 4.78 is 3.51. The van der Waals surface area contributed by atoms with Crippen LogP contribution >= 0.6 is 49.9 Å². The molecule has 0 saturated heterocycles. The van der Waals surface area contributed by atoms with Crippen LogP contribution in [-0.4, -0.2) is 5.11 Å². The second-order valence-electron chi connectivity index (χ2n) is 2.68. The molecule has 0 saturated carbocycles. The Hall–Kier alpha value is 0.350. The van der Waals surface area contributed by atoms with Crippen molar-refractivity contribution in [1.29, 1.82) is 0 Å². The van der Waals surface area contributed by atoms with Crippen molar-refractivity contribution in [2.45, 2.75) is 6.61 Å². The first-order valence-electron chi connectivity index (χ1n) is 3.68. The highest BCUT2D eigenvalue weighted by molar-refractivity contribution is 14.1. The summed E-state index contributed by atoms with van der Waals surface area (Å²) in [5, 5.41) is 12.3. The maximum atomic E-state index is 9.11. The van der Waals surface area contributed by atoms with Crippen LogP contribution in [0.25, 0.3) is 10.1 Å². The Bertz CT molecular complexity index is 452. The van der Waals surface area contributed by atoms with Crippen molar-refractivity contribution in [2.75, 3.05) is 0 Å². The maximum Gasteiger partial charge on any atom is 0.0696 e. The van der Waals surface area contributed by atoms with Gasteiger partial charge in [0.1, 0.15) is 0 Å². The average molecular weight is 369 g/mol. The lowest BCUT2D eigenvalue weighted by atomic mass is 10.2. The van der Waals surface area contributed by atoms with E-state index in [1.54, 1.807) is 11.3 Å². The predicted molar refractivity (Wildman–Crippen MR) is 68.2 cm³/mol. The molecule has 0 fully saturated rings. The Labute approximate surface area is 102 Å². The molecule has 0 aliphatic carbocycles. The molecule has 0 radical (unpaired) electrons. The van der Waals surface area contributed by atoms with Gasteiger partial charge in [-0.15, -0.1) is 11.3 Å². The Morgan fingerprint density at radius 2 is 2.23 bits per heavy atom. The Balaban J connectivity index is 2.82. The normalized spacial score (nSPS) is 11.0. The molecule has 1 N–H and O–H groups in total. The molecule has 2 rings (SSSR count). The van der Waals surface area contributed by atoms with Crippen molar-refractivity contribution in [2.24, 2.45) is 0 Å². The Morgan fingerprint density at radius 1 is 1.46 bits per heavy atom. The molecule has 1 aromatic carbocycles. The van der Waals surface area contributed by atoms with Gasteiger partial charge in [0.25, 0.3) is 0 Å². The second kappa shape index (κ2) is 3.84. The van der Waals surface area contributed by atoms with Gasteiger partial charge in [0.15, 0.2) is 0 Å². The number of hydrogen-bond donors (Lipinski definition) is 1. The van der Waals surface area contributed by atoms with Gasteiger partial charge in [-0.3, -0.25) is 0 Å². The van der Waals surface area contributed by atoms with E-state index in [4.69, 9.17) is 5.11 Å². The van der Waals surface area contributed by atoms with Crippen LogP contribution in [0.2, 0.25) is 0 Å². The third kappa shape index (κ3) is 1.77. The standard InChI is InChI=1S/C9H6BrIOS/c10-6-1-7(11)9-5(3-12)4-13-8(9)2-6/h1-2,4,12H,3H2. The fraction of sp³-hybridized carbons (Fsp3) is 0.111. The molecule has 2 aromatic rings. The molecule has 0 amide bonds. The van der Waals surface area contributed by atoms with Gasteiger partial charge in [0.2, 0.25) is 0 Å². The molecule has 4 heteroatoms.